The SMILES string of the molecule is Cc1cc(Br)c(Nc2ccc(C#N)c(Cl)c2)cc1Cl. The molecule has 0 unspecified atom stereocenters. The summed E-state index contributed by atoms with van der Waals surface area (Å²) in [5, 5.41) is 13.1. The second kappa shape index (κ2) is 5.83. The van der Waals surface area contributed by atoms with Gasteiger partial charge in [-0.15, -0.1) is 0 Å². The lowest BCUT2D eigenvalue weighted by molar-refractivity contribution is 1.42. The first kappa shape index (κ1) is 14.2. The fourth-order valence-electron chi connectivity index (χ4n) is 1.58. The van der Waals surface area contributed by atoms with Gasteiger partial charge in [0, 0.05) is 15.2 Å². The zero-order chi connectivity index (χ0) is 14.0. The lowest BCUT2D eigenvalue weighted by Crippen LogP contribution is -1.93. The molecule has 0 radical (unpaired) electrons. The van der Waals surface area contributed by atoms with Crippen LogP contribution < -0.4 is 5.32 Å². The van der Waals surface area contributed by atoms with E-state index >= 15 is 0 Å². The van der Waals surface area contributed by atoms with Crippen molar-refractivity contribution in [3.8, 4) is 6.07 Å². The van der Waals surface area contributed by atoms with Crippen molar-refractivity contribution in [1.82, 2.24) is 0 Å². The third kappa shape index (κ3) is 3.22. The Bertz CT molecular complexity index is 678. The van der Waals surface area contributed by atoms with Crippen molar-refractivity contribution in [2.24, 2.45) is 0 Å². The zero-order valence-electron chi connectivity index (χ0n) is 9.97. The highest BCUT2D eigenvalue weighted by molar-refractivity contribution is 9.10. The quantitative estimate of drug-likeness (QED) is 0.752. The molecule has 0 bridgehead atoms. The summed E-state index contributed by atoms with van der Waals surface area (Å²) in [6.45, 7) is 1.94. The van der Waals surface area contributed by atoms with Crippen molar-refractivity contribution >= 4 is 50.5 Å². The van der Waals surface area contributed by atoms with Gasteiger partial charge in [0.15, 0.2) is 0 Å². The first-order chi connectivity index (χ1) is 9.01. The maximum absolute atomic E-state index is 8.83. The Balaban J connectivity index is 2.34. The molecule has 2 aromatic rings. The molecule has 0 amide bonds. The van der Waals surface area contributed by atoms with Gasteiger partial charge in [0.2, 0.25) is 0 Å². The summed E-state index contributed by atoms with van der Waals surface area (Å²) in [5.74, 6) is 0. The first-order valence-electron chi connectivity index (χ1n) is 5.43. The van der Waals surface area contributed by atoms with E-state index in [1.54, 1.807) is 18.2 Å². The maximum Gasteiger partial charge on any atom is 0.101 e. The van der Waals surface area contributed by atoms with Crippen LogP contribution in [0.2, 0.25) is 10.0 Å². The summed E-state index contributed by atoms with van der Waals surface area (Å²) in [7, 11) is 0. The molecule has 1 N–H and O–H groups in total. The van der Waals surface area contributed by atoms with Gasteiger partial charge in [-0.3, -0.25) is 0 Å². The normalized spacial score (nSPS) is 10.1. The molecule has 0 aliphatic rings. The summed E-state index contributed by atoms with van der Waals surface area (Å²) in [4.78, 5) is 0. The van der Waals surface area contributed by atoms with E-state index in [0.717, 1.165) is 21.4 Å². The number of halogens is 3. The lowest BCUT2D eigenvalue weighted by Gasteiger charge is -2.11. The van der Waals surface area contributed by atoms with Crippen molar-refractivity contribution in [2.45, 2.75) is 6.92 Å². The fraction of sp³-hybridized carbons (Fsp3) is 0.0714. The van der Waals surface area contributed by atoms with Crippen LogP contribution in [0.25, 0.3) is 0 Å². The van der Waals surface area contributed by atoms with E-state index in [9.17, 15) is 0 Å². The Hall–Kier alpha value is -1.21. The Kier molecular flexibility index (Phi) is 4.36. The Labute approximate surface area is 130 Å². The molecule has 0 fully saturated rings. The third-order valence-electron chi connectivity index (χ3n) is 2.62. The average Bonchev–Trinajstić information content (AvgIpc) is 2.36. The number of nitriles is 1. The molecule has 0 saturated carbocycles. The van der Waals surface area contributed by atoms with Crippen molar-refractivity contribution in [1.29, 1.82) is 5.26 Å². The summed E-state index contributed by atoms with van der Waals surface area (Å²) in [6.07, 6.45) is 0. The van der Waals surface area contributed by atoms with Crippen LogP contribution in [0.3, 0.4) is 0 Å². The first-order valence-corrected chi connectivity index (χ1v) is 6.98. The molecular weight excluding hydrogens is 347 g/mol. The van der Waals surface area contributed by atoms with Crippen LogP contribution >= 0.6 is 39.1 Å². The highest BCUT2D eigenvalue weighted by Gasteiger charge is 2.06. The molecular formula is C14H9BrCl2N2. The smallest absolute Gasteiger partial charge is 0.101 e. The molecule has 0 spiro atoms. The molecule has 19 heavy (non-hydrogen) atoms. The Morgan fingerprint density at radius 2 is 1.89 bits per heavy atom. The minimum Gasteiger partial charge on any atom is -0.355 e. The molecule has 96 valence electrons. The van der Waals surface area contributed by atoms with Crippen molar-refractivity contribution in [2.75, 3.05) is 5.32 Å². The van der Waals surface area contributed by atoms with E-state index in [1.807, 2.05) is 25.1 Å². The van der Waals surface area contributed by atoms with E-state index in [0.29, 0.717) is 15.6 Å². The van der Waals surface area contributed by atoms with Crippen molar-refractivity contribution in [3.05, 3.63) is 56.0 Å². The number of hydrogen-bond acceptors (Lipinski definition) is 2. The summed E-state index contributed by atoms with van der Waals surface area (Å²) < 4.78 is 0.912. The zero-order valence-corrected chi connectivity index (χ0v) is 13.1. The van der Waals surface area contributed by atoms with E-state index < -0.39 is 0 Å². The third-order valence-corrected chi connectivity index (χ3v) is 3.99. The summed E-state index contributed by atoms with van der Waals surface area (Å²) >= 11 is 15.6. The lowest BCUT2D eigenvalue weighted by atomic mass is 10.2. The molecule has 0 aromatic heterocycles. The molecule has 0 aliphatic carbocycles. The van der Waals surface area contributed by atoms with Crippen LogP contribution in [0.15, 0.2) is 34.8 Å². The molecule has 2 aromatic carbocycles. The van der Waals surface area contributed by atoms with Crippen LogP contribution in [-0.4, -0.2) is 0 Å². The van der Waals surface area contributed by atoms with Crippen LogP contribution in [0.1, 0.15) is 11.1 Å². The standard InChI is InChI=1S/C14H9BrCl2N2/c1-8-4-11(15)14(6-12(8)16)19-10-3-2-9(7-18)13(17)5-10/h2-6,19H,1H3. The number of benzene rings is 2. The predicted octanol–water partition coefficient (Wildman–Crippen LogP) is 5.68. The van der Waals surface area contributed by atoms with Gasteiger partial charge >= 0.3 is 0 Å². The molecule has 5 heteroatoms. The van der Waals surface area contributed by atoms with Gasteiger partial charge in [-0.2, -0.15) is 5.26 Å². The number of rotatable bonds is 2. The average molecular weight is 356 g/mol. The molecule has 2 nitrogen and oxygen atoms in total. The second-order valence-corrected chi connectivity index (χ2v) is 5.68. The maximum atomic E-state index is 8.83. The Morgan fingerprint density at radius 1 is 1.16 bits per heavy atom. The monoisotopic (exact) mass is 354 g/mol. The largest absolute Gasteiger partial charge is 0.355 e. The number of aryl methyl sites for hydroxylation is 1. The molecule has 0 aliphatic heterocycles. The number of nitrogens with one attached hydrogen (secondary N) is 1. The van der Waals surface area contributed by atoms with Crippen LogP contribution in [0.5, 0.6) is 0 Å². The van der Waals surface area contributed by atoms with Gasteiger partial charge in [0.1, 0.15) is 6.07 Å². The fourth-order valence-corrected chi connectivity index (χ4v) is 2.52. The topological polar surface area (TPSA) is 35.8 Å². The summed E-state index contributed by atoms with van der Waals surface area (Å²) in [5.41, 5.74) is 3.09. The molecule has 0 saturated heterocycles. The highest BCUT2D eigenvalue weighted by atomic mass is 79.9. The van der Waals surface area contributed by atoms with E-state index in [1.165, 1.54) is 0 Å². The van der Waals surface area contributed by atoms with Gasteiger partial charge in [-0.25, -0.2) is 0 Å². The van der Waals surface area contributed by atoms with E-state index in [4.69, 9.17) is 28.5 Å². The highest BCUT2D eigenvalue weighted by Crippen LogP contribution is 2.32. The predicted molar refractivity (Wildman–Crippen MR) is 83.3 cm³/mol. The van der Waals surface area contributed by atoms with Gasteiger partial charge in [0.05, 0.1) is 16.3 Å². The van der Waals surface area contributed by atoms with E-state index in [-0.39, 0.29) is 0 Å². The van der Waals surface area contributed by atoms with Crippen LogP contribution in [-0.2, 0) is 0 Å². The summed E-state index contributed by atoms with van der Waals surface area (Å²) in [6, 6.07) is 11.0. The molecule has 2 rings (SSSR count). The van der Waals surface area contributed by atoms with Gasteiger partial charge in [0.25, 0.3) is 0 Å². The molecule has 0 atom stereocenters. The van der Waals surface area contributed by atoms with Gasteiger partial charge < -0.3 is 5.32 Å². The number of nitrogens with zero attached hydrogens (tertiary/aromatic N) is 1. The second-order valence-electron chi connectivity index (χ2n) is 4.01. The van der Waals surface area contributed by atoms with Gasteiger partial charge in [-0.05, 0) is 58.7 Å². The van der Waals surface area contributed by atoms with Crippen LogP contribution in [0.4, 0.5) is 11.4 Å². The minimum atomic E-state index is 0.418. The minimum absolute atomic E-state index is 0.418. The van der Waals surface area contributed by atoms with E-state index in [2.05, 4.69) is 21.2 Å². The molecule has 0 heterocycles. The number of hydrogen-bond donors (Lipinski definition) is 1. The Morgan fingerprint density at radius 3 is 2.53 bits per heavy atom. The van der Waals surface area contributed by atoms with Crippen molar-refractivity contribution in [3.63, 3.8) is 0 Å². The van der Waals surface area contributed by atoms with Crippen molar-refractivity contribution < 1.29 is 0 Å². The van der Waals surface area contributed by atoms with Gasteiger partial charge in [-0.1, -0.05) is 23.2 Å². The van der Waals surface area contributed by atoms with Crippen LogP contribution in [0, 0.1) is 18.3 Å². The number of anilines is 2.